The van der Waals surface area contributed by atoms with Crippen LogP contribution < -0.4 is 0 Å². The molecule has 9 nitrogen and oxygen atoms in total. The van der Waals surface area contributed by atoms with Gasteiger partial charge in [0.1, 0.15) is 11.2 Å². The highest BCUT2D eigenvalue weighted by molar-refractivity contribution is 5.82. The fourth-order valence-electron chi connectivity index (χ4n) is 4.16. The van der Waals surface area contributed by atoms with E-state index in [1.165, 1.54) is 6.08 Å². The second-order valence-corrected chi connectivity index (χ2v) is 11.6. The van der Waals surface area contributed by atoms with E-state index in [1.54, 1.807) is 28.9 Å². The molecule has 2 rings (SSSR count). The Labute approximate surface area is 222 Å². The third-order valence-corrected chi connectivity index (χ3v) is 5.95. The van der Waals surface area contributed by atoms with Crippen LogP contribution >= 0.6 is 0 Å². The van der Waals surface area contributed by atoms with Crippen LogP contribution in [0.3, 0.4) is 0 Å². The molecule has 0 unspecified atom stereocenters. The van der Waals surface area contributed by atoms with Gasteiger partial charge in [0.25, 0.3) is 0 Å². The second kappa shape index (κ2) is 14.4. The lowest BCUT2D eigenvalue weighted by Gasteiger charge is -2.28. The fourth-order valence-corrected chi connectivity index (χ4v) is 4.16. The van der Waals surface area contributed by atoms with Gasteiger partial charge in [0.05, 0.1) is 25.3 Å². The smallest absolute Gasteiger partial charge is 0.410 e. The van der Waals surface area contributed by atoms with Gasteiger partial charge >= 0.3 is 18.2 Å². The van der Waals surface area contributed by atoms with Crippen LogP contribution in [0, 0.1) is 11.8 Å². The van der Waals surface area contributed by atoms with Gasteiger partial charge in [-0.3, -0.25) is 0 Å². The first-order valence-electron chi connectivity index (χ1n) is 13.2. The van der Waals surface area contributed by atoms with Gasteiger partial charge in [-0.05, 0) is 73.1 Å². The largest absolute Gasteiger partial charge is 0.463 e. The third-order valence-electron chi connectivity index (χ3n) is 5.95. The number of carbonyl (C=O) groups excluding carboxylic acids is 3. The van der Waals surface area contributed by atoms with Crippen LogP contribution in [0.4, 0.5) is 9.59 Å². The summed E-state index contributed by atoms with van der Waals surface area (Å²) in [6.07, 6.45) is 7.98. The molecule has 0 spiro atoms. The molecule has 0 aliphatic carbocycles. The Bertz CT molecular complexity index is 810. The molecule has 2 heterocycles. The van der Waals surface area contributed by atoms with Crippen molar-refractivity contribution in [2.75, 3.05) is 26.3 Å². The van der Waals surface area contributed by atoms with Crippen LogP contribution in [-0.4, -0.2) is 82.7 Å². The number of likely N-dealkylation sites (tertiary alicyclic amines) is 2. The number of ether oxygens (including phenoxy) is 3. The predicted octanol–water partition coefficient (Wildman–Crippen LogP) is 4.93. The van der Waals surface area contributed by atoms with Crippen LogP contribution in [0.15, 0.2) is 24.3 Å². The van der Waals surface area contributed by atoms with E-state index in [0.717, 1.165) is 19.4 Å². The average Bonchev–Trinajstić information content (AvgIpc) is 3.31. The summed E-state index contributed by atoms with van der Waals surface area (Å²) in [6.45, 7) is 18.8. The second-order valence-electron chi connectivity index (χ2n) is 11.6. The molecular weight excluding hydrogens is 476 g/mol. The summed E-state index contributed by atoms with van der Waals surface area (Å²) in [6, 6.07) is -0.0775. The Morgan fingerprint density at radius 2 is 1.27 bits per heavy atom. The summed E-state index contributed by atoms with van der Waals surface area (Å²) in [5.74, 6) is 0.328. The molecule has 37 heavy (non-hydrogen) atoms. The maximum atomic E-state index is 12.1. The van der Waals surface area contributed by atoms with Crippen molar-refractivity contribution in [1.29, 1.82) is 0 Å². The first-order chi connectivity index (χ1) is 17.1. The molecule has 0 aromatic carbocycles. The Balaban J connectivity index is 0.000000375. The summed E-state index contributed by atoms with van der Waals surface area (Å²) >= 11 is 0. The highest BCUT2D eigenvalue weighted by atomic mass is 16.6. The van der Waals surface area contributed by atoms with Crippen LogP contribution in [0.25, 0.3) is 0 Å². The summed E-state index contributed by atoms with van der Waals surface area (Å²) in [4.78, 5) is 38.9. The van der Waals surface area contributed by atoms with E-state index in [9.17, 15) is 14.4 Å². The first kappa shape index (κ1) is 32.5. The molecule has 2 aliphatic heterocycles. The van der Waals surface area contributed by atoms with E-state index in [4.69, 9.17) is 19.3 Å². The van der Waals surface area contributed by atoms with E-state index in [-0.39, 0.29) is 36.8 Å². The SMILES string of the molecule is CCOC(=O)/C=C/[C@@H]1[C@@H](C)CCN1C(=O)OC(C)(C)C.C[C@H]1CCN(C(=O)OC(C)(C)C)[C@@H]1/C=C/CO. The van der Waals surface area contributed by atoms with Crippen LogP contribution in [0.2, 0.25) is 0 Å². The van der Waals surface area contributed by atoms with E-state index >= 15 is 0 Å². The van der Waals surface area contributed by atoms with E-state index < -0.39 is 11.2 Å². The molecule has 212 valence electrons. The van der Waals surface area contributed by atoms with Gasteiger partial charge in [0, 0.05) is 19.2 Å². The minimum atomic E-state index is -0.516. The number of aliphatic hydroxyl groups is 1. The molecule has 1 N–H and O–H groups in total. The van der Waals surface area contributed by atoms with Crippen molar-refractivity contribution >= 4 is 18.2 Å². The summed E-state index contributed by atoms with van der Waals surface area (Å²) in [5.41, 5.74) is -0.980. The summed E-state index contributed by atoms with van der Waals surface area (Å²) in [7, 11) is 0. The van der Waals surface area contributed by atoms with E-state index in [1.807, 2.05) is 47.6 Å². The first-order valence-corrected chi connectivity index (χ1v) is 13.2. The Hall–Kier alpha value is -2.55. The molecule has 9 heteroatoms. The fraction of sp³-hybridized carbons (Fsp3) is 0.750. The number of aliphatic hydroxyl groups excluding tert-OH is 1. The zero-order valence-electron chi connectivity index (χ0n) is 24.2. The number of esters is 1. The zero-order chi connectivity index (χ0) is 28.4. The maximum Gasteiger partial charge on any atom is 0.410 e. The number of hydrogen-bond donors (Lipinski definition) is 1. The average molecular weight is 525 g/mol. The van der Waals surface area contributed by atoms with Gasteiger partial charge in [0.15, 0.2) is 0 Å². The van der Waals surface area contributed by atoms with Crippen LogP contribution in [-0.2, 0) is 19.0 Å². The Morgan fingerprint density at radius 3 is 1.65 bits per heavy atom. The zero-order valence-corrected chi connectivity index (χ0v) is 24.2. The normalized spacial score (nSPS) is 24.3. The van der Waals surface area contributed by atoms with Gasteiger partial charge in [0.2, 0.25) is 0 Å². The van der Waals surface area contributed by atoms with Crippen molar-refractivity contribution in [1.82, 2.24) is 9.80 Å². The van der Waals surface area contributed by atoms with Crippen molar-refractivity contribution in [3.05, 3.63) is 24.3 Å². The molecule has 0 aromatic rings. The lowest BCUT2D eigenvalue weighted by Crippen LogP contribution is -2.40. The minimum absolute atomic E-state index is 0.00534. The number of amides is 2. The van der Waals surface area contributed by atoms with Gasteiger partial charge in [-0.2, -0.15) is 0 Å². The molecule has 2 saturated heterocycles. The molecule has 0 saturated carbocycles. The Morgan fingerprint density at radius 1 is 0.838 bits per heavy atom. The number of hydrogen-bond acceptors (Lipinski definition) is 7. The van der Waals surface area contributed by atoms with Gasteiger partial charge in [-0.25, -0.2) is 14.4 Å². The van der Waals surface area contributed by atoms with Gasteiger partial charge < -0.3 is 29.1 Å². The van der Waals surface area contributed by atoms with Crippen molar-refractivity contribution in [2.45, 2.75) is 98.4 Å². The molecule has 2 fully saturated rings. The van der Waals surface area contributed by atoms with Crippen LogP contribution in [0.5, 0.6) is 0 Å². The number of carbonyl (C=O) groups is 3. The third kappa shape index (κ3) is 11.6. The quantitative estimate of drug-likeness (QED) is 0.235. The van der Waals surface area contributed by atoms with Crippen molar-refractivity contribution in [3.8, 4) is 0 Å². The topological polar surface area (TPSA) is 106 Å². The molecule has 0 bridgehead atoms. The molecule has 0 radical (unpaired) electrons. The highest BCUT2D eigenvalue weighted by Gasteiger charge is 2.36. The van der Waals surface area contributed by atoms with Crippen molar-refractivity contribution in [3.63, 3.8) is 0 Å². The van der Waals surface area contributed by atoms with Crippen LogP contribution in [0.1, 0.15) is 75.2 Å². The predicted molar refractivity (Wildman–Crippen MR) is 143 cm³/mol. The summed E-state index contributed by atoms with van der Waals surface area (Å²) in [5, 5.41) is 8.80. The maximum absolute atomic E-state index is 12.1. The number of rotatable bonds is 5. The molecule has 4 atom stereocenters. The lowest BCUT2D eigenvalue weighted by molar-refractivity contribution is -0.137. The molecule has 2 aliphatic rings. The molecular formula is C28H48N2O7. The standard InChI is InChI=1S/C15H25NO4.C13H23NO3/c1-6-19-13(17)8-7-12-11(2)9-10-16(12)14(18)20-15(3,4)5;1-10-7-8-14(11(10)6-5-9-15)12(16)17-13(2,3)4/h7-8,11-12H,6,9-10H2,1-5H3;5-6,10-11,15H,7-9H2,1-4H3/b8-7+;6-5+/t11-,12+;10-,11+/m00/s1. The highest BCUT2D eigenvalue weighted by Crippen LogP contribution is 2.28. The minimum Gasteiger partial charge on any atom is -0.463 e. The molecule has 0 aromatic heterocycles. The Kier molecular flexibility index (Phi) is 12.6. The van der Waals surface area contributed by atoms with Crippen molar-refractivity contribution in [2.24, 2.45) is 11.8 Å². The van der Waals surface area contributed by atoms with Gasteiger partial charge in [-0.15, -0.1) is 0 Å². The monoisotopic (exact) mass is 524 g/mol. The van der Waals surface area contributed by atoms with Gasteiger partial charge in [-0.1, -0.05) is 32.1 Å². The molecule has 2 amide bonds. The van der Waals surface area contributed by atoms with E-state index in [2.05, 4.69) is 13.8 Å². The lowest BCUT2D eigenvalue weighted by atomic mass is 10.0. The van der Waals surface area contributed by atoms with E-state index in [0.29, 0.717) is 25.0 Å². The number of nitrogens with zero attached hydrogens (tertiary/aromatic N) is 2. The van der Waals surface area contributed by atoms with Crippen molar-refractivity contribution < 1.29 is 33.7 Å². The summed E-state index contributed by atoms with van der Waals surface area (Å²) < 4.78 is 15.6.